The van der Waals surface area contributed by atoms with Crippen LogP contribution >= 0.6 is 0 Å². The number of hydrogen-bond acceptors (Lipinski definition) is 4. The molecule has 0 saturated heterocycles. The molecule has 0 heterocycles. The van der Waals surface area contributed by atoms with Crippen LogP contribution in [0.4, 0.5) is 0 Å². The third kappa shape index (κ3) is 12.6. The first-order valence-corrected chi connectivity index (χ1v) is 9.01. The van der Waals surface area contributed by atoms with Crippen molar-refractivity contribution in [2.24, 2.45) is 0 Å². The Bertz CT molecular complexity index is 306. The fourth-order valence-electron chi connectivity index (χ4n) is 2.29. The average molecular weight is 316 g/mol. The topological polar surface area (TPSA) is 77.4 Å². The van der Waals surface area contributed by atoms with Gasteiger partial charge in [0.2, 0.25) is 0 Å². The third-order valence-electron chi connectivity index (χ3n) is 3.44. The second-order valence-corrected chi connectivity index (χ2v) is 7.00. The molecular weight excluding hydrogens is 287 g/mol. The first kappa shape index (κ1) is 23.1. The van der Waals surface area contributed by atoms with Gasteiger partial charge in [0, 0.05) is 0 Å². The van der Waals surface area contributed by atoms with Crippen LogP contribution < -0.4 is 29.6 Å². The Morgan fingerprint density at radius 3 is 2.00 bits per heavy atom. The molecule has 0 radical (unpaired) electrons. The number of unbranched alkanes of at least 4 members (excludes halogenated alkanes) is 5. The van der Waals surface area contributed by atoms with Gasteiger partial charge in [0.05, 0.1) is 21.5 Å². The molecule has 4 nitrogen and oxygen atoms in total. The zero-order valence-corrected chi connectivity index (χ0v) is 16.1. The van der Waals surface area contributed by atoms with Crippen molar-refractivity contribution in [1.29, 1.82) is 0 Å². The Kier molecular flexibility index (Phi) is 15.7. The summed E-state index contributed by atoms with van der Waals surface area (Å²) in [7, 11) is -4.29. The predicted octanol–water partition coefficient (Wildman–Crippen LogP) is 0.206. The summed E-state index contributed by atoms with van der Waals surface area (Å²) in [5.41, 5.74) is 0. The van der Waals surface area contributed by atoms with Crippen molar-refractivity contribution < 1.29 is 47.6 Å². The van der Waals surface area contributed by atoms with Gasteiger partial charge in [-0.25, -0.2) is 8.42 Å². The van der Waals surface area contributed by atoms with Gasteiger partial charge in [-0.05, 0) is 19.3 Å². The van der Waals surface area contributed by atoms with Crippen molar-refractivity contribution in [2.75, 3.05) is 0 Å². The predicted molar refractivity (Wildman–Crippen MR) is 77.0 cm³/mol. The molecule has 0 aliphatic heterocycles. The van der Waals surface area contributed by atoms with Crippen LogP contribution in [-0.4, -0.2) is 29.4 Å². The average Bonchev–Trinajstić information content (AvgIpc) is 2.31. The first-order valence-electron chi connectivity index (χ1n) is 7.54. The van der Waals surface area contributed by atoms with Crippen molar-refractivity contribution in [3.63, 3.8) is 0 Å². The molecule has 0 amide bonds. The largest absolute Gasteiger partial charge is 1.00 e. The molecule has 116 valence electrons. The third-order valence-corrected chi connectivity index (χ3v) is 4.69. The van der Waals surface area contributed by atoms with Crippen LogP contribution in [-0.2, 0) is 10.1 Å². The molecule has 0 aliphatic carbocycles. The van der Waals surface area contributed by atoms with Gasteiger partial charge in [-0.1, -0.05) is 58.8 Å². The smallest absolute Gasteiger partial charge is 0.748 e. The maximum atomic E-state index is 11.2. The molecule has 2 atom stereocenters. The molecule has 0 fully saturated rings. The van der Waals surface area contributed by atoms with E-state index in [1.165, 1.54) is 19.3 Å². The quantitative estimate of drug-likeness (QED) is 0.317. The first-order chi connectivity index (χ1) is 8.91. The van der Waals surface area contributed by atoms with E-state index in [0.29, 0.717) is 12.8 Å². The van der Waals surface area contributed by atoms with Crippen LogP contribution in [0.3, 0.4) is 0 Å². The minimum Gasteiger partial charge on any atom is -0.748 e. The SMILES string of the molecule is CCCCCCCCC(CC(O)CCC)S(=O)(=O)[O-].[Na+]. The van der Waals surface area contributed by atoms with Crippen LogP contribution in [0.25, 0.3) is 0 Å². The molecule has 2 unspecified atom stereocenters. The van der Waals surface area contributed by atoms with Crippen molar-refractivity contribution in [1.82, 2.24) is 0 Å². The zero-order chi connectivity index (χ0) is 14.7. The fraction of sp³-hybridized carbons (Fsp3) is 1.00. The van der Waals surface area contributed by atoms with E-state index >= 15 is 0 Å². The Morgan fingerprint density at radius 2 is 1.50 bits per heavy atom. The summed E-state index contributed by atoms with van der Waals surface area (Å²) in [5, 5.41) is 8.74. The summed E-state index contributed by atoms with van der Waals surface area (Å²) in [6, 6.07) is 0. The Balaban J connectivity index is 0. The standard InChI is InChI=1S/C14H30O4S.Na/c1-3-5-6-7-8-9-11-14(19(16,17)18)12-13(15)10-4-2;/h13-15H,3-12H2,1-2H3,(H,16,17,18);/q;+1/p-1. The van der Waals surface area contributed by atoms with Crippen LogP contribution in [0.2, 0.25) is 0 Å². The molecule has 0 bridgehead atoms. The van der Waals surface area contributed by atoms with E-state index in [2.05, 4.69) is 6.92 Å². The number of aliphatic hydroxyl groups is 1. The molecule has 0 spiro atoms. The van der Waals surface area contributed by atoms with Crippen LogP contribution in [0.5, 0.6) is 0 Å². The van der Waals surface area contributed by atoms with Gasteiger partial charge < -0.3 is 9.66 Å². The number of aliphatic hydroxyl groups excluding tert-OH is 1. The second kappa shape index (κ2) is 13.5. The van der Waals surface area contributed by atoms with Crippen LogP contribution in [0, 0.1) is 0 Å². The molecule has 6 heteroatoms. The van der Waals surface area contributed by atoms with Crippen molar-refractivity contribution >= 4 is 10.1 Å². The Labute approximate surface area is 146 Å². The van der Waals surface area contributed by atoms with E-state index in [1.807, 2.05) is 6.92 Å². The molecule has 0 rings (SSSR count). The summed E-state index contributed by atoms with van der Waals surface area (Å²) in [6.07, 6.45) is 7.54. The normalized spacial score (nSPS) is 14.6. The van der Waals surface area contributed by atoms with E-state index in [4.69, 9.17) is 0 Å². The second-order valence-electron chi connectivity index (χ2n) is 5.35. The summed E-state index contributed by atoms with van der Waals surface area (Å²) in [4.78, 5) is 0. The van der Waals surface area contributed by atoms with E-state index in [9.17, 15) is 18.1 Å². The Hall–Kier alpha value is 0.870. The van der Waals surface area contributed by atoms with Gasteiger partial charge in [-0.2, -0.15) is 0 Å². The minimum absolute atomic E-state index is 0. The number of hydrogen-bond donors (Lipinski definition) is 1. The van der Waals surface area contributed by atoms with Gasteiger partial charge in [-0.3, -0.25) is 0 Å². The van der Waals surface area contributed by atoms with Gasteiger partial charge in [0.15, 0.2) is 0 Å². The summed E-state index contributed by atoms with van der Waals surface area (Å²) >= 11 is 0. The fourth-order valence-corrected chi connectivity index (χ4v) is 3.20. The number of rotatable bonds is 12. The van der Waals surface area contributed by atoms with E-state index in [-0.39, 0.29) is 36.0 Å². The maximum Gasteiger partial charge on any atom is 1.00 e. The van der Waals surface area contributed by atoms with E-state index in [0.717, 1.165) is 25.7 Å². The summed E-state index contributed by atoms with van der Waals surface area (Å²) in [5.74, 6) is 0. The zero-order valence-electron chi connectivity index (χ0n) is 13.3. The van der Waals surface area contributed by atoms with Gasteiger partial charge in [0.1, 0.15) is 0 Å². The molecule has 0 saturated carbocycles. The summed E-state index contributed by atoms with van der Waals surface area (Å²) in [6.45, 7) is 4.08. The van der Waals surface area contributed by atoms with Crippen LogP contribution in [0.15, 0.2) is 0 Å². The molecule has 20 heavy (non-hydrogen) atoms. The van der Waals surface area contributed by atoms with Gasteiger partial charge >= 0.3 is 29.6 Å². The summed E-state index contributed by atoms with van der Waals surface area (Å²) < 4.78 is 33.5. The molecule has 1 N–H and O–H groups in total. The van der Waals surface area contributed by atoms with E-state index in [1.54, 1.807) is 0 Å². The van der Waals surface area contributed by atoms with Crippen molar-refractivity contribution in [3.8, 4) is 0 Å². The molecule has 0 aromatic rings. The monoisotopic (exact) mass is 316 g/mol. The van der Waals surface area contributed by atoms with Gasteiger partial charge in [-0.15, -0.1) is 0 Å². The van der Waals surface area contributed by atoms with Gasteiger partial charge in [0.25, 0.3) is 0 Å². The maximum absolute atomic E-state index is 11.2. The van der Waals surface area contributed by atoms with Crippen LogP contribution in [0.1, 0.15) is 78.1 Å². The van der Waals surface area contributed by atoms with Crippen molar-refractivity contribution in [2.45, 2.75) is 89.4 Å². The molecule has 0 aliphatic rings. The van der Waals surface area contributed by atoms with Crippen molar-refractivity contribution in [3.05, 3.63) is 0 Å². The minimum atomic E-state index is -4.29. The molecule has 0 aromatic carbocycles. The molecule has 0 aromatic heterocycles. The Morgan fingerprint density at radius 1 is 0.950 bits per heavy atom. The molecular formula is C14H29NaO4S. The van der Waals surface area contributed by atoms with E-state index < -0.39 is 21.5 Å².